The highest BCUT2D eigenvalue weighted by atomic mass is 35.5. The minimum atomic E-state index is -4.80. The van der Waals surface area contributed by atoms with Crippen molar-refractivity contribution >= 4 is 23.1 Å². The Balaban J connectivity index is 2.22. The van der Waals surface area contributed by atoms with Crippen LogP contribution in [0.1, 0.15) is 13.3 Å². The molecule has 0 fully saturated rings. The van der Waals surface area contributed by atoms with Crippen LogP contribution in [0.25, 0.3) is 0 Å². The van der Waals surface area contributed by atoms with E-state index in [1.807, 2.05) is 19.1 Å². The van der Waals surface area contributed by atoms with Crippen LogP contribution in [0, 0.1) is 0 Å². The molecule has 0 amide bonds. The van der Waals surface area contributed by atoms with Crippen LogP contribution in [0.3, 0.4) is 0 Å². The maximum absolute atomic E-state index is 12.3. The lowest BCUT2D eigenvalue weighted by atomic mass is 10.1. The van der Waals surface area contributed by atoms with Gasteiger partial charge in [0.2, 0.25) is 0 Å². The minimum Gasteiger partial charge on any atom is -0.404 e. The van der Waals surface area contributed by atoms with Crippen LogP contribution in [-0.2, 0) is 0 Å². The first-order valence-electron chi connectivity index (χ1n) is 7.54. The Labute approximate surface area is 154 Å². The van der Waals surface area contributed by atoms with Gasteiger partial charge in [-0.05, 0) is 42.8 Å². The quantitative estimate of drug-likeness (QED) is 0.709. The molecule has 0 bridgehead atoms. The van der Waals surface area contributed by atoms with Crippen LogP contribution >= 0.6 is 11.6 Å². The minimum absolute atomic E-state index is 0.179. The van der Waals surface area contributed by atoms with E-state index in [0.717, 1.165) is 17.3 Å². The van der Waals surface area contributed by atoms with E-state index in [9.17, 15) is 13.2 Å². The van der Waals surface area contributed by atoms with Gasteiger partial charge in [0.25, 0.3) is 0 Å². The molecule has 0 saturated carbocycles. The molecule has 3 N–H and O–H groups in total. The van der Waals surface area contributed by atoms with Crippen molar-refractivity contribution < 1.29 is 17.9 Å². The fourth-order valence-corrected chi connectivity index (χ4v) is 2.28. The molecule has 1 aliphatic heterocycles. The summed E-state index contributed by atoms with van der Waals surface area (Å²) in [6.45, 7) is 5.45. The van der Waals surface area contributed by atoms with Crippen LogP contribution in [-0.4, -0.2) is 12.2 Å². The van der Waals surface area contributed by atoms with Crippen LogP contribution in [0.4, 0.5) is 18.9 Å². The molecule has 0 unspecified atom stereocenters. The molecule has 26 heavy (non-hydrogen) atoms. The van der Waals surface area contributed by atoms with Gasteiger partial charge in [-0.15, -0.1) is 13.2 Å². The number of hydrogen-bond acceptors (Lipinski definition) is 3. The largest absolute Gasteiger partial charge is 0.573 e. The zero-order valence-corrected chi connectivity index (χ0v) is 14.7. The van der Waals surface area contributed by atoms with Gasteiger partial charge in [0.1, 0.15) is 11.6 Å². The topological polar surface area (TPSA) is 59.6 Å². The van der Waals surface area contributed by atoms with E-state index >= 15 is 0 Å². The Morgan fingerprint density at radius 3 is 2.77 bits per heavy atom. The zero-order valence-electron chi connectivity index (χ0n) is 13.9. The van der Waals surface area contributed by atoms with E-state index in [0.29, 0.717) is 23.6 Å². The summed E-state index contributed by atoms with van der Waals surface area (Å²) in [4.78, 5) is 4.40. The fraction of sp³-hybridized carbons (Fsp3) is 0.167. The Bertz CT molecular complexity index is 823. The van der Waals surface area contributed by atoms with Crippen molar-refractivity contribution in [3.63, 3.8) is 0 Å². The Hall–Kier alpha value is -2.67. The highest BCUT2D eigenvalue weighted by Crippen LogP contribution is 2.33. The summed E-state index contributed by atoms with van der Waals surface area (Å²) < 4.78 is 40.7. The van der Waals surface area contributed by atoms with Gasteiger partial charge in [-0.3, -0.25) is 0 Å². The molecule has 0 saturated heterocycles. The van der Waals surface area contributed by atoms with Gasteiger partial charge in [-0.25, -0.2) is 4.99 Å². The highest BCUT2D eigenvalue weighted by Gasteiger charge is 2.32. The number of benzene rings is 1. The number of rotatable bonds is 4. The predicted molar refractivity (Wildman–Crippen MR) is 97.3 cm³/mol. The zero-order chi connectivity index (χ0) is 19.3. The van der Waals surface area contributed by atoms with Crippen molar-refractivity contribution in [2.24, 2.45) is 10.7 Å². The number of nitrogens with one attached hydrogen (secondary N) is 1. The number of aliphatic imine (C=N–C) groups is 1. The average molecular weight is 384 g/mol. The lowest BCUT2D eigenvalue weighted by molar-refractivity contribution is -0.274. The van der Waals surface area contributed by atoms with Gasteiger partial charge < -0.3 is 15.8 Å². The second kappa shape index (κ2) is 8.14. The van der Waals surface area contributed by atoms with E-state index in [1.54, 1.807) is 12.2 Å². The lowest BCUT2D eigenvalue weighted by Gasteiger charge is -2.18. The third kappa shape index (κ3) is 6.00. The number of nitrogens with two attached hydrogens (primary N) is 1. The van der Waals surface area contributed by atoms with Crippen molar-refractivity contribution in [3.8, 4) is 5.75 Å². The summed E-state index contributed by atoms with van der Waals surface area (Å²) in [5.41, 5.74) is 8.09. The first-order valence-corrected chi connectivity index (χ1v) is 7.91. The van der Waals surface area contributed by atoms with Crippen molar-refractivity contribution in [3.05, 3.63) is 71.1 Å². The lowest BCUT2D eigenvalue weighted by Crippen LogP contribution is -2.27. The molecule has 0 atom stereocenters. The van der Waals surface area contributed by atoms with Gasteiger partial charge in [-0.2, -0.15) is 0 Å². The first kappa shape index (κ1) is 19.7. The summed E-state index contributed by atoms with van der Waals surface area (Å²) in [5.74, 6) is 0.0998. The maximum atomic E-state index is 12.3. The fourth-order valence-electron chi connectivity index (χ4n) is 2.07. The number of halogens is 4. The number of nitrogens with zero attached hydrogens (tertiary/aromatic N) is 1. The number of ether oxygens (including phenoxy) is 1. The van der Waals surface area contributed by atoms with E-state index in [4.69, 9.17) is 17.3 Å². The van der Waals surface area contributed by atoms with E-state index in [2.05, 4.69) is 21.6 Å². The molecule has 0 spiro atoms. The number of hydrogen-bond donors (Lipinski definition) is 2. The van der Waals surface area contributed by atoms with Crippen LogP contribution < -0.4 is 15.8 Å². The highest BCUT2D eigenvalue weighted by molar-refractivity contribution is 6.32. The molecule has 1 heterocycles. The summed E-state index contributed by atoms with van der Waals surface area (Å²) in [6.07, 6.45) is 3.13. The smallest absolute Gasteiger partial charge is 0.404 e. The molecular formula is C18H17ClF3N3O. The molecule has 2 rings (SSSR count). The second-order valence-electron chi connectivity index (χ2n) is 5.47. The van der Waals surface area contributed by atoms with E-state index in [-0.39, 0.29) is 5.02 Å². The normalized spacial score (nSPS) is 18.1. The number of amidine groups is 1. The molecule has 0 aromatic heterocycles. The summed E-state index contributed by atoms with van der Waals surface area (Å²) in [7, 11) is 0. The van der Waals surface area contributed by atoms with Crippen LogP contribution in [0.2, 0.25) is 5.02 Å². The van der Waals surface area contributed by atoms with Crippen molar-refractivity contribution in [1.82, 2.24) is 5.32 Å². The van der Waals surface area contributed by atoms with Crippen LogP contribution in [0.15, 0.2) is 71.0 Å². The Morgan fingerprint density at radius 1 is 1.42 bits per heavy atom. The molecule has 0 radical (unpaired) electrons. The summed E-state index contributed by atoms with van der Waals surface area (Å²) in [5, 5.41) is 2.99. The molecular weight excluding hydrogens is 367 g/mol. The van der Waals surface area contributed by atoms with Crippen LogP contribution in [0.5, 0.6) is 5.75 Å². The molecule has 0 aliphatic carbocycles. The standard InChI is InChI=1S/C18H17ClF3N3O/c1-11-6-7-13(5-3-4-12(2)23)24-17(11)25-14-8-9-16(15(19)10-14)26-18(20,21)22/h3-6,8-10H,2,7,23H2,1H3,(H,24,25)/b4-3-,13-5+. The molecule has 138 valence electrons. The summed E-state index contributed by atoms with van der Waals surface area (Å²) in [6, 6.07) is 3.83. The molecule has 8 heteroatoms. The average Bonchev–Trinajstić information content (AvgIpc) is 2.51. The van der Waals surface area contributed by atoms with Gasteiger partial charge in [-0.1, -0.05) is 30.3 Å². The summed E-state index contributed by atoms with van der Waals surface area (Å²) >= 11 is 5.85. The molecule has 1 aromatic rings. The van der Waals surface area contributed by atoms with E-state index in [1.165, 1.54) is 12.1 Å². The first-order chi connectivity index (χ1) is 12.1. The molecule has 4 nitrogen and oxygen atoms in total. The Kier molecular flexibility index (Phi) is 6.15. The molecule has 1 aliphatic rings. The number of allylic oxidation sites excluding steroid dienone is 4. The van der Waals surface area contributed by atoms with Gasteiger partial charge in [0.05, 0.1) is 10.7 Å². The second-order valence-corrected chi connectivity index (χ2v) is 5.87. The maximum Gasteiger partial charge on any atom is 0.573 e. The number of alkyl halides is 3. The third-order valence-electron chi connectivity index (χ3n) is 3.27. The van der Waals surface area contributed by atoms with Gasteiger partial charge in [0.15, 0.2) is 0 Å². The Morgan fingerprint density at radius 2 is 2.15 bits per heavy atom. The van der Waals surface area contributed by atoms with Crippen molar-refractivity contribution in [2.45, 2.75) is 19.7 Å². The van der Waals surface area contributed by atoms with E-state index < -0.39 is 12.1 Å². The molecule has 1 aromatic carbocycles. The SMILES string of the molecule is C=C(N)/C=C\C=C1/CC=C(C)C(=Nc2ccc(OC(F)(F)F)c(Cl)c2)N1. The monoisotopic (exact) mass is 383 g/mol. The van der Waals surface area contributed by atoms with Crippen molar-refractivity contribution in [2.75, 3.05) is 0 Å². The van der Waals surface area contributed by atoms with Crippen molar-refractivity contribution in [1.29, 1.82) is 0 Å². The predicted octanol–water partition coefficient (Wildman–Crippen LogP) is 5.12. The van der Waals surface area contributed by atoms with Gasteiger partial charge >= 0.3 is 6.36 Å². The third-order valence-corrected chi connectivity index (χ3v) is 3.57. The van der Waals surface area contributed by atoms with Gasteiger partial charge in [0, 0.05) is 17.8 Å².